The molecule has 20 heavy (non-hydrogen) atoms. The Balaban J connectivity index is 2.13. The molecule has 2 aromatic rings. The number of nitro groups is 1. The van der Waals surface area contributed by atoms with Crippen molar-refractivity contribution in [1.29, 1.82) is 0 Å². The molecular formula is C13H10Cl2N2O3. The minimum atomic E-state index is -0.547. The zero-order chi connectivity index (χ0) is 14.7. The first-order valence-corrected chi connectivity index (χ1v) is 6.39. The van der Waals surface area contributed by atoms with Crippen molar-refractivity contribution in [2.45, 2.75) is 6.54 Å². The number of anilines is 1. The summed E-state index contributed by atoms with van der Waals surface area (Å²) in [7, 11) is 0. The highest BCUT2D eigenvalue weighted by atomic mass is 35.5. The molecule has 0 heterocycles. The Morgan fingerprint density at radius 1 is 1.20 bits per heavy atom. The number of nitrogens with one attached hydrogen (secondary N) is 1. The van der Waals surface area contributed by atoms with Gasteiger partial charge in [0.05, 0.1) is 9.95 Å². The zero-order valence-corrected chi connectivity index (χ0v) is 11.6. The Kier molecular flexibility index (Phi) is 4.32. The predicted octanol–water partition coefficient (Wildman–Crippen LogP) is 4.22. The standard InChI is InChI=1S/C13H10Cl2N2O3/c14-10-3-1-2-8(13(10)18)7-16-9-4-5-12(17(19)20)11(15)6-9/h1-6,16,18H,7H2. The van der Waals surface area contributed by atoms with Gasteiger partial charge < -0.3 is 10.4 Å². The number of hydrogen-bond acceptors (Lipinski definition) is 4. The maximum absolute atomic E-state index is 10.6. The summed E-state index contributed by atoms with van der Waals surface area (Å²) in [5, 5.41) is 23.7. The topological polar surface area (TPSA) is 75.4 Å². The van der Waals surface area contributed by atoms with Crippen molar-refractivity contribution in [1.82, 2.24) is 0 Å². The van der Waals surface area contributed by atoms with Crippen LogP contribution in [-0.2, 0) is 6.54 Å². The number of halogens is 2. The van der Waals surface area contributed by atoms with Gasteiger partial charge in [0.25, 0.3) is 5.69 Å². The number of benzene rings is 2. The van der Waals surface area contributed by atoms with Gasteiger partial charge in [-0.3, -0.25) is 10.1 Å². The summed E-state index contributed by atoms with van der Waals surface area (Å²) in [5.41, 5.74) is 1.08. The molecule has 0 unspecified atom stereocenters. The molecule has 0 amide bonds. The van der Waals surface area contributed by atoms with Gasteiger partial charge in [-0.15, -0.1) is 0 Å². The Hall–Kier alpha value is -1.98. The molecule has 104 valence electrons. The number of hydrogen-bond donors (Lipinski definition) is 2. The number of para-hydroxylation sites is 1. The number of rotatable bonds is 4. The quantitative estimate of drug-likeness (QED) is 0.654. The molecule has 0 aromatic heterocycles. The monoisotopic (exact) mass is 312 g/mol. The van der Waals surface area contributed by atoms with E-state index in [1.54, 1.807) is 24.3 Å². The van der Waals surface area contributed by atoms with Crippen molar-refractivity contribution in [3.05, 3.63) is 62.1 Å². The molecule has 2 rings (SSSR count). The van der Waals surface area contributed by atoms with Crippen LogP contribution < -0.4 is 5.32 Å². The molecule has 0 aliphatic rings. The van der Waals surface area contributed by atoms with E-state index in [2.05, 4.69) is 5.32 Å². The molecule has 0 aliphatic heterocycles. The summed E-state index contributed by atoms with van der Waals surface area (Å²) in [6, 6.07) is 9.36. The molecule has 0 atom stereocenters. The normalized spacial score (nSPS) is 10.3. The van der Waals surface area contributed by atoms with Crippen LogP contribution in [0.5, 0.6) is 5.75 Å². The maximum Gasteiger partial charge on any atom is 0.288 e. The SMILES string of the molecule is O=[N+]([O-])c1ccc(NCc2cccc(Cl)c2O)cc1Cl. The van der Waals surface area contributed by atoms with Gasteiger partial charge in [0.2, 0.25) is 0 Å². The van der Waals surface area contributed by atoms with Crippen molar-refractivity contribution in [2.24, 2.45) is 0 Å². The van der Waals surface area contributed by atoms with Crippen LogP contribution in [0.15, 0.2) is 36.4 Å². The van der Waals surface area contributed by atoms with Gasteiger partial charge >= 0.3 is 0 Å². The highest BCUT2D eigenvalue weighted by Gasteiger charge is 2.12. The van der Waals surface area contributed by atoms with Crippen molar-refractivity contribution >= 4 is 34.6 Å². The third kappa shape index (κ3) is 3.12. The van der Waals surface area contributed by atoms with E-state index in [4.69, 9.17) is 23.2 Å². The summed E-state index contributed by atoms with van der Waals surface area (Å²) < 4.78 is 0. The lowest BCUT2D eigenvalue weighted by Crippen LogP contribution is -2.00. The summed E-state index contributed by atoms with van der Waals surface area (Å²) >= 11 is 11.6. The van der Waals surface area contributed by atoms with Gasteiger partial charge in [-0.25, -0.2) is 0 Å². The van der Waals surface area contributed by atoms with Crippen LogP contribution in [0, 0.1) is 10.1 Å². The molecular weight excluding hydrogens is 303 g/mol. The summed E-state index contributed by atoms with van der Waals surface area (Å²) in [5.74, 6) is 0.00896. The van der Waals surface area contributed by atoms with Crippen LogP contribution in [0.4, 0.5) is 11.4 Å². The first-order valence-electron chi connectivity index (χ1n) is 5.63. The average molecular weight is 313 g/mol. The van der Waals surface area contributed by atoms with E-state index in [9.17, 15) is 15.2 Å². The Labute approximate surface area is 124 Å². The van der Waals surface area contributed by atoms with Crippen LogP contribution in [0.25, 0.3) is 0 Å². The lowest BCUT2D eigenvalue weighted by Gasteiger charge is -2.09. The van der Waals surface area contributed by atoms with Gasteiger partial charge in [-0.05, 0) is 18.2 Å². The van der Waals surface area contributed by atoms with Gasteiger partial charge in [-0.1, -0.05) is 35.3 Å². The largest absolute Gasteiger partial charge is 0.506 e. The van der Waals surface area contributed by atoms with Crippen LogP contribution in [0.1, 0.15) is 5.56 Å². The molecule has 7 heteroatoms. The number of aromatic hydroxyl groups is 1. The van der Waals surface area contributed by atoms with Crippen LogP contribution in [0.2, 0.25) is 10.0 Å². The van der Waals surface area contributed by atoms with Crippen LogP contribution in [0.3, 0.4) is 0 Å². The second-order valence-corrected chi connectivity index (χ2v) is 4.84. The van der Waals surface area contributed by atoms with Crippen molar-refractivity contribution in [3.8, 4) is 5.75 Å². The molecule has 2 aromatic carbocycles. The Bertz CT molecular complexity index is 662. The minimum Gasteiger partial charge on any atom is -0.506 e. The number of nitrogens with zero attached hydrogens (tertiary/aromatic N) is 1. The molecule has 0 fully saturated rings. The highest BCUT2D eigenvalue weighted by molar-refractivity contribution is 6.33. The third-order valence-corrected chi connectivity index (χ3v) is 3.31. The molecule has 0 saturated carbocycles. The maximum atomic E-state index is 10.6. The van der Waals surface area contributed by atoms with Crippen LogP contribution >= 0.6 is 23.2 Å². The fourth-order valence-electron chi connectivity index (χ4n) is 1.66. The molecule has 0 radical (unpaired) electrons. The molecule has 0 bridgehead atoms. The minimum absolute atomic E-state index is 0.00896. The number of phenolic OH excluding ortho intramolecular Hbond substituents is 1. The zero-order valence-electron chi connectivity index (χ0n) is 10.1. The fraction of sp³-hybridized carbons (Fsp3) is 0.0769. The lowest BCUT2D eigenvalue weighted by molar-refractivity contribution is -0.384. The molecule has 5 nitrogen and oxygen atoms in total. The first kappa shape index (κ1) is 14.4. The van der Waals surface area contributed by atoms with Crippen LogP contribution in [-0.4, -0.2) is 10.0 Å². The van der Waals surface area contributed by atoms with Gasteiger partial charge in [-0.2, -0.15) is 0 Å². The van der Waals surface area contributed by atoms with Gasteiger partial charge in [0.1, 0.15) is 10.8 Å². The lowest BCUT2D eigenvalue weighted by atomic mass is 10.2. The fourth-order valence-corrected chi connectivity index (χ4v) is 2.11. The average Bonchev–Trinajstić information content (AvgIpc) is 2.40. The van der Waals surface area contributed by atoms with E-state index in [0.29, 0.717) is 17.8 Å². The summed E-state index contributed by atoms with van der Waals surface area (Å²) in [4.78, 5) is 10.1. The second kappa shape index (κ2) is 5.98. The van der Waals surface area contributed by atoms with Gasteiger partial charge in [0.15, 0.2) is 0 Å². The Morgan fingerprint density at radius 2 is 1.95 bits per heavy atom. The summed E-state index contributed by atoms with van der Waals surface area (Å²) in [6.45, 7) is 0.320. The van der Waals surface area contributed by atoms with Crippen molar-refractivity contribution in [2.75, 3.05) is 5.32 Å². The van der Waals surface area contributed by atoms with E-state index in [-0.39, 0.29) is 21.5 Å². The highest BCUT2D eigenvalue weighted by Crippen LogP contribution is 2.29. The van der Waals surface area contributed by atoms with Crippen molar-refractivity contribution in [3.63, 3.8) is 0 Å². The van der Waals surface area contributed by atoms with E-state index >= 15 is 0 Å². The number of phenols is 1. The molecule has 0 spiro atoms. The summed E-state index contributed by atoms with van der Waals surface area (Å²) in [6.07, 6.45) is 0. The molecule has 0 aliphatic carbocycles. The second-order valence-electron chi connectivity index (χ2n) is 4.02. The van der Waals surface area contributed by atoms with E-state index in [1.165, 1.54) is 12.1 Å². The third-order valence-electron chi connectivity index (χ3n) is 2.70. The molecule has 2 N–H and O–H groups in total. The van der Waals surface area contributed by atoms with E-state index in [1.807, 2.05) is 0 Å². The van der Waals surface area contributed by atoms with Gasteiger partial charge in [0, 0.05) is 23.9 Å². The predicted molar refractivity (Wildman–Crippen MR) is 78.5 cm³/mol. The Morgan fingerprint density at radius 3 is 2.60 bits per heavy atom. The molecule has 0 saturated heterocycles. The first-order chi connectivity index (χ1) is 9.49. The van der Waals surface area contributed by atoms with E-state index in [0.717, 1.165) is 0 Å². The van der Waals surface area contributed by atoms with Crippen molar-refractivity contribution < 1.29 is 10.0 Å². The smallest absolute Gasteiger partial charge is 0.288 e. The number of nitro benzene ring substituents is 1. The van der Waals surface area contributed by atoms with E-state index < -0.39 is 4.92 Å².